The molecule has 15 heavy (non-hydrogen) atoms. The van der Waals surface area contributed by atoms with Gasteiger partial charge in [-0.25, -0.2) is 4.39 Å². The molecule has 2 nitrogen and oxygen atoms in total. The van der Waals surface area contributed by atoms with Crippen molar-refractivity contribution in [3.63, 3.8) is 0 Å². The third kappa shape index (κ3) is 2.48. The van der Waals surface area contributed by atoms with Gasteiger partial charge < -0.3 is 9.84 Å². The van der Waals surface area contributed by atoms with Gasteiger partial charge in [-0.1, -0.05) is 26.8 Å². The lowest BCUT2D eigenvalue weighted by Gasteiger charge is -2.27. The highest BCUT2D eigenvalue weighted by molar-refractivity contribution is 5.37. The smallest absolute Gasteiger partial charge is 0.132 e. The van der Waals surface area contributed by atoms with E-state index >= 15 is 0 Å². The first-order valence-electron chi connectivity index (χ1n) is 4.88. The molecule has 1 aromatic rings. The Kier molecular flexibility index (Phi) is 3.35. The minimum Gasteiger partial charge on any atom is -0.496 e. The predicted molar refractivity (Wildman–Crippen MR) is 57.4 cm³/mol. The molecule has 3 heteroatoms. The Morgan fingerprint density at radius 2 is 1.93 bits per heavy atom. The molecule has 0 fully saturated rings. The highest BCUT2D eigenvalue weighted by Crippen LogP contribution is 2.38. The number of hydrogen-bond acceptors (Lipinski definition) is 2. The predicted octanol–water partition coefficient (Wildman–Crippen LogP) is 2.91. The number of benzene rings is 1. The second kappa shape index (κ2) is 4.19. The summed E-state index contributed by atoms with van der Waals surface area (Å²) in [6, 6.07) is 4.53. The van der Waals surface area contributed by atoms with E-state index in [9.17, 15) is 9.50 Å². The van der Waals surface area contributed by atoms with Crippen molar-refractivity contribution in [2.24, 2.45) is 5.41 Å². The summed E-state index contributed by atoms with van der Waals surface area (Å²) in [5.74, 6) is -0.0470. The van der Waals surface area contributed by atoms with Crippen molar-refractivity contribution in [3.8, 4) is 5.75 Å². The lowest BCUT2D eigenvalue weighted by molar-refractivity contribution is 0.0571. The third-order valence-corrected chi connectivity index (χ3v) is 2.33. The van der Waals surface area contributed by atoms with Gasteiger partial charge in [0.2, 0.25) is 0 Å². The monoisotopic (exact) mass is 212 g/mol. The summed E-state index contributed by atoms with van der Waals surface area (Å²) in [5, 5.41) is 10.0. The molecule has 1 aromatic carbocycles. The molecule has 0 aromatic heterocycles. The number of aliphatic hydroxyl groups excluding tert-OH is 1. The van der Waals surface area contributed by atoms with Gasteiger partial charge in [0.1, 0.15) is 11.6 Å². The van der Waals surface area contributed by atoms with Crippen LogP contribution in [0.15, 0.2) is 18.2 Å². The zero-order valence-corrected chi connectivity index (χ0v) is 9.54. The zero-order chi connectivity index (χ0) is 11.6. The van der Waals surface area contributed by atoms with Crippen LogP contribution in [-0.2, 0) is 0 Å². The maximum Gasteiger partial charge on any atom is 0.132 e. The summed E-state index contributed by atoms with van der Waals surface area (Å²) in [5.41, 5.74) is -0.192. The van der Waals surface area contributed by atoms with E-state index in [0.29, 0.717) is 5.75 Å². The van der Waals surface area contributed by atoms with Crippen LogP contribution < -0.4 is 4.74 Å². The molecular formula is C12H17FO2. The maximum atomic E-state index is 13.6. The Balaban J connectivity index is 3.23. The quantitative estimate of drug-likeness (QED) is 0.816. The molecule has 1 unspecified atom stereocenters. The molecule has 0 amide bonds. The number of hydrogen-bond donors (Lipinski definition) is 1. The molecule has 0 aliphatic carbocycles. The molecule has 0 bridgehead atoms. The van der Waals surface area contributed by atoms with E-state index in [1.165, 1.54) is 13.2 Å². The summed E-state index contributed by atoms with van der Waals surface area (Å²) >= 11 is 0. The molecule has 0 heterocycles. The molecular weight excluding hydrogens is 195 g/mol. The van der Waals surface area contributed by atoms with Crippen molar-refractivity contribution in [1.29, 1.82) is 0 Å². The first-order chi connectivity index (χ1) is 6.88. The van der Waals surface area contributed by atoms with Crippen LogP contribution in [0.1, 0.15) is 32.4 Å². The van der Waals surface area contributed by atoms with Crippen LogP contribution in [0.3, 0.4) is 0 Å². The summed E-state index contributed by atoms with van der Waals surface area (Å²) < 4.78 is 18.6. The molecule has 0 saturated heterocycles. The number of halogens is 1. The summed E-state index contributed by atoms with van der Waals surface area (Å²) in [7, 11) is 1.47. The van der Waals surface area contributed by atoms with Crippen molar-refractivity contribution >= 4 is 0 Å². The van der Waals surface area contributed by atoms with Crippen LogP contribution in [0.25, 0.3) is 0 Å². The van der Waals surface area contributed by atoms with E-state index in [-0.39, 0.29) is 5.56 Å². The number of rotatable bonds is 2. The Labute approximate surface area is 89.7 Å². The number of methoxy groups -OCH3 is 1. The fourth-order valence-corrected chi connectivity index (χ4v) is 1.39. The van der Waals surface area contributed by atoms with Crippen LogP contribution in [0.2, 0.25) is 0 Å². The van der Waals surface area contributed by atoms with Gasteiger partial charge in [0, 0.05) is 0 Å². The molecule has 1 N–H and O–H groups in total. The molecule has 0 radical (unpaired) electrons. The summed E-state index contributed by atoms with van der Waals surface area (Å²) in [6.07, 6.45) is -0.881. The largest absolute Gasteiger partial charge is 0.496 e. The molecule has 1 atom stereocenters. The van der Waals surface area contributed by atoms with Gasteiger partial charge in [0.05, 0.1) is 18.8 Å². The van der Waals surface area contributed by atoms with Crippen molar-refractivity contribution < 1.29 is 14.2 Å². The molecule has 0 aliphatic heterocycles. The topological polar surface area (TPSA) is 29.5 Å². The molecule has 0 saturated carbocycles. The first-order valence-corrected chi connectivity index (χ1v) is 4.88. The normalized spacial score (nSPS) is 13.7. The SMILES string of the molecule is COc1cccc(F)c1C(O)C(C)(C)C. The second-order valence-electron chi connectivity index (χ2n) is 4.62. The Morgan fingerprint density at radius 1 is 1.33 bits per heavy atom. The molecule has 1 rings (SSSR count). The average molecular weight is 212 g/mol. The van der Waals surface area contributed by atoms with Gasteiger partial charge in [-0.05, 0) is 17.5 Å². The van der Waals surface area contributed by atoms with E-state index in [1.54, 1.807) is 12.1 Å². The van der Waals surface area contributed by atoms with Crippen LogP contribution >= 0.6 is 0 Å². The van der Waals surface area contributed by atoms with Gasteiger partial charge in [-0.2, -0.15) is 0 Å². The third-order valence-electron chi connectivity index (χ3n) is 2.33. The Morgan fingerprint density at radius 3 is 2.40 bits per heavy atom. The molecule has 0 aliphatic rings. The maximum absolute atomic E-state index is 13.6. The minimum absolute atomic E-state index is 0.229. The minimum atomic E-state index is -0.881. The molecule has 0 spiro atoms. The fourth-order valence-electron chi connectivity index (χ4n) is 1.39. The van der Waals surface area contributed by atoms with Crippen molar-refractivity contribution in [2.75, 3.05) is 7.11 Å². The second-order valence-corrected chi connectivity index (χ2v) is 4.62. The van der Waals surface area contributed by atoms with E-state index in [0.717, 1.165) is 0 Å². The van der Waals surface area contributed by atoms with E-state index in [1.807, 2.05) is 20.8 Å². The van der Waals surface area contributed by atoms with Gasteiger partial charge in [0.15, 0.2) is 0 Å². The molecule has 84 valence electrons. The summed E-state index contributed by atoms with van der Waals surface area (Å²) in [6.45, 7) is 5.55. The van der Waals surface area contributed by atoms with Gasteiger partial charge in [-0.3, -0.25) is 0 Å². The van der Waals surface area contributed by atoms with Crippen LogP contribution in [0.5, 0.6) is 5.75 Å². The highest BCUT2D eigenvalue weighted by Gasteiger charge is 2.29. The van der Waals surface area contributed by atoms with Gasteiger partial charge >= 0.3 is 0 Å². The fraction of sp³-hybridized carbons (Fsp3) is 0.500. The van der Waals surface area contributed by atoms with E-state index in [2.05, 4.69) is 0 Å². The van der Waals surface area contributed by atoms with Crippen molar-refractivity contribution in [2.45, 2.75) is 26.9 Å². The Bertz CT molecular complexity index is 342. The van der Waals surface area contributed by atoms with Crippen molar-refractivity contribution in [1.82, 2.24) is 0 Å². The summed E-state index contributed by atoms with van der Waals surface area (Å²) in [4.78, 5) is 0. The first kappa shape index (κ1) is 12.0. The van der Waals surface area contributed by atoms with Gasteiger partial charge in [-0.15, -0.1) is 0 Å². The Hall–Kier alpha value is -1.09. The van der Waals surface area contributed by atoms with E-state index in [4.69, 9.17) is 4.74 Å². The van der Waals surface area contributed by atoms with Gasteiger partial charge in [0.25, 0.3) is 0 Å². The highest BCUT2D eigenvalue weighted by atomic mass is 19.1. The number of ether oxygens (including phenoxy) is 1. The van der Waals surface area contributed by atoms with Crippen LogP contribution in [-0.4, -0.2) is 12.2 Å². The zero-order valence-electron chi connectivity index (χ0n) is 9.54. The van der Waals surface area contributed by atoms with Crippen LogP contribution in [0, 0.1) is 11.2 Å². The standard InChI is InChI=1S/C12H17FO2/c1-12(2,3)11(14)10-8(13)6-5-7-9(10)15-4/h5-7,11,14H,1-4H3. The lowest BCUT2D eigenvalue weighted by Crippen LogP contribution is -2.19. The van der Waals surface area contributed by atoms with Crippen LogP contribution in [0.4, 0.5) is 4.39 Å². The van der Waals surface area contributed by atoms with Crippen molar-refractivity contribution in [3.05, 3.63) is 29.6 Å². The van der Waals surface area contributed by atoms with E-state index < -0.39 is 17.3 Å². The lowest BCUT2D eigenvalue weighted by atomic mass is 9.84. The number of aliphatic hydroxyl groups is 1. The average Bonchev–Trinajstić information content (AvgIpc) is 2.15.